The third-order valence-corrected chi connectivity index (χ3v) is 6.01. The van der Waals surface area contributed by atoms with E-state index in [1.807, 2.05) is 45.0 Å². The molecule has 160 valence electrons. The summed E-state index contributed by atoms with van der Waals surface area (Å²) in [5.41, 5.74) is 0.561. The minimum absolute atomic E-state index is 0.0464. The van der Waals surface area contributed by atoms with Gasteiger partial charge in [0.25, 0.3) is 5.91 Å². The van der Waals surface area contributed by atoms with Crippen LogP contribution in [0.2, 0.25) is 0 Å². The molecule has 0 atom stereocenters. The number of thioether (sulfide) groups is 1. The maximum absolute atomic E-state index is 12.8. The van der Waals surface area contributed by atoms with Crippen LogP contribution in [-0.2, 0) is 4.79 Å². The van der Waals surface area contributed by atoms with E-state index in [0.29, 0.717) is 21.6 Å². The topological polar surface area (TPSA) is 38.8 Å². The van der Waals surface area contributed by atoms with Crippen molar-refractivity contribution < 1.29 is 14.3 Å². The first-order valence-corrected chi connectivity index (χ1v) is 11.6. The molecule has 0 bridgehead atoms. The Morgan fingerprint density at radius 2 is 1.79 bits per heavy atom. The lowest BCUT2D eigenvalue weighted by molar-refractivity contribution is -0.125. The Hall–Kier alpha value is -1.53. The average Bonchev–Trinajstić information content (AvgIpc) is 2.95. The lowest BCUT2D eigenvalue weighted by Gasteiger charge is -2.30. The number of nitrogens with zero attached hydrogens (tertiary/aromatic N) is 1. The number of carbonyl (C=O) groups excluding carboxylic acids is 1. The van der Waals surface area contributed by atoms with Gasteiger partial charge in [-0.2, -0.15) is 0 Å². The molecule has 2 rings (SSSR count). The van der Waals surface area contributed by atoms with Crippen molar-refractivity contribution in [3.63, 3.8) is 0 Å². The third kappa shape index (κ3) is 6.75. The number of carbonyl (C=O) groups is 1. The molecular formula is C23H33NO3S2. The Labute approximate surface area is 185 Å². The van der Waals surface area contributed by atoms with Gasteiger partial charge >= 0.3 is 0 Å². The monoisotopic (exact) mass is 435 g/mol. The summed E-state index contributed by atoms with van der Waals surface area (Å²) in [5.74, 6) is 1.37. The number of unbranched alkanes of at least 4 members (excludes halogenated alkanes) is 5. The molecule has 6 heteroatoms. The molecule has 29 heavy (non-hydrogen) atoms. The molecule has 1 aromatic carbocycles. The van der Waals surface area contributed by atoms with Crippen LogP contribution in [0.5, 0.6) is 11.5 Å². The zero-order valence-corrected chi connectivity index (χ0v) is 19.9. The number of ether oxygens (including phenoxy) is 2. The van der Waals surface area contributed by atoms with Gasteiger partial charge in [0.2, 0.25) is 0 Å². The van der Waals surface area contributed by atoms with Gasteiger partial charge in [-0.15, -0.1) is 0 Å². The minimum Gasteiger partial charge on any atom is -0.493 e. The van der Waals surface area contributed by atoms with Crippen LogP contribution in [0.3, 0.4) is 0 Å². The van der Waals surface area contributed by atoms with Crippen LogP contribution < -0.4 is 9.47 Å². The number of rotatable bonds is 10. The fraction of sp³-hybridized carbons (Fsp3) is 0.565. The highest BCUT2D eigenvalue weighted by Gasteiger charge is 2.39. The van der Waals surface area contributed by atoms with Crippen molar-refractivity contribution in [3.8, 4) is 11.5 Å². The van der Waals surface area contributed by atoms with Gasteiger partial charge in [-0.05, 0) is 51.0 Å². The molecule has 1 aliphatic rings. The van der Waals surface area contributed by atoms with Crippen LogP contribution in [0.4, 0.5) is 0 Å². The van der Waals surface area contributed by atoms with Crippen LogP contribution in [0.25, 0.3) is 6.08 Å². The summed E-state index contributed by atoms with van der Waals surface area (Å²) < 4.78 is 12.0. The van der Waals surface area contributed by atoms with E-state index in [4.69, 9.17) is 21.7 Å². The van der Waals surface area contributed by atoms with Crippen molar-refractivity contribution in [1.29, 1.82) is 0 Å². The van der Waals surface area contributed by atoms with Gasteiger partial charge in [0, 0.05) is 5.54 Å². The standard InChI is InChI=1S/C23H33NO3S2/c1-6-7-8-9-10-11-14-27-18-13-12-17(15-19(18)26-5)16-20-21(25)24(22(28)29-20)23(2,3)4/h12-13,15-16H,6-11,14H2,1-5H3. The van der Waals surface area contributed by atoms with Crippen LogP contribution in [-0.4, -0.2) is 34.4 Å². The van der Waals surface area contributed by atoms with Crippen LogP contribution in [0, 0.1) is 0 Å². The Bertz CT molecular complexity index is 753. The number of benzene rings is 1. The van der Waals surface area contributed by atoms with Gasteiger partial charge in [0.15, 0.2) is 11.5 Å². The molecule has 0 unspecified atom stereocenters. The smallest absolute Gasteiger partial charge is 0.266 e. The van der Waals surface area contributed by atoms with E-state index in [-0.39, 0.29) is 11.4 Å². The largest absolute Gasteiger partial charge is 0.493 e. The molecule has 4 nitrogen and oxygen atoms in total. The molecule has 1 saturated heterocycles. The molecule has 0 radical (unpaired) electrons. The summed E-state index contributed by atoms with van der Waals surface area (Å²) in [6.45, 7) is 8.87. The first-order chi connectivity index (χ1) is 13.8. The van der Waals surface area contributed by atoms with Crippen molar-refractivity contribution in [2.24, 2.45) is 0 Å². The molecule has 0 aliphatic carbocycles. The molecular weight excluding hydrogens is 402 g/mol. The Kier molecular flexibility index (Phi) is 9.03. The number of hydrogen-bond acceptors (Lipinski definition) is 5. The number of methoxy groups -OCH3 is 1. The van der Waals surface area contributed by atoms with E-state index < -0.39 is 0 Å². The van der Waals surface area contributed by atoms with E-state index in [0.717, 1.165) is 17.7 Å². The van der Waals surface area contributed by atoms with Gasteiger partial charge in [0.05, 0.1) is 18.6 Å². The predicted octanol–water partition coefficient (Wildman–Crippen LogP) is 6.43. The Balaban J connectivity index is 2.01. The summed E-state index contributed by atoms with van der Waals surface area (Å²) >= 11 is 6.75. The van der Waals surface area contributed by atoms with Crippen molar-refractivity contribution in [2.75, 3.05) is 13.7 Å². The normalized spacial score (nSPS) is 16.0. The second-order valence-corrected chi connectivity index (χ2v) is 9.89. The zero-order valence-electron chi connectivity index (χ0n) is 18.2. The first kappa shape index (κ1) is 23.7. The van der Waals surface area contributed by atoms with Crippen molar-refractivity contribution in [3.05, 3.63) is 28.7 Å². The summed E-state index contributed by atoms with van der Waals surface area (Å²) in [6.07, 6.45) is 9.24. The summed E-state index contributed by atoms with van der Waals surface area (Å²) in [7, 11) is 1.63. The predicted molar refractivity (Wildman–Crippen MR) is 127 cm³/mol. The lowest BCUT2D eigenvalue weighted by Crippen LogP contribution is -2.44. The van der Waals surface area contributed by atoms with Crippen LogP contribution >= 0.6 is 24.0 Å². The molecule has 0 saturated carbocycles. The van der Waals surface area contributed by atoms with E-state index in [9.17, 15) is 4.79 Å². The fourth-order valence-corrected chi connectivity index (χ4v) is 4.79. The van der Waals surface area contributed by atoms with Gasteiger partial charge in [0.1, 0.15) is 4.32 Å². The quantitative estimate of drug-likeness (QED) is 0.240. The number of thiocarbonyl (C=S) groups is 1. The van der Waals surface area contributed by atoms with Gasteiger partial charge in [-0.3, -0.25) is 9.69 Å². The number of hydrogen-bond donors (Lipinski definition) is 0. The van der Waals surface area contributed by atoms with E-state index in [1.165, 1.54) is 43.9 Å². The zero-order chi connectivity index (χ0) is 21.4. The van der Waals surface area contributed by atoms with E-state index >= 15 is 0 Å². The molecule has 1 fully saturated rings. The molecule has 1 aromatic rings. The SMILES string of the molecule is CCCCCCCCOc1ccc(C=C2SC(=S)N(C(C)(C)C)C2=O)cc1OC. The fourth-order valence-electron chi connectivity index (χ4n) is 3.16. The Morgan fingerprint density at radius 1 is 1.10 bits per heavy atom. The first-order valence-electron chi connectivity index (χ1n) is 10.4. The third-order valence-electron chi connectivity index (χ3n) is 4.71. The van der Waals surface area contributed by atoms with Gasteiger partial charge in [-0.1, -0.05) is 69.1 Å². The van der Waals surface area contributed by atoms with Crippen molar-refractivity contribution >= 4 is 40.3 Å². The maximum Gasteiger partial charge on any atom is 0.266 e. The highest BCUT2D eigenvalue weighted by Crippen LogP contribution is 2.38. The second-order valence-electron chi connectivity index (χ2n) is 8.21. The molecule has 0 N–H and O–H groups in total. The van der Waals surface area contributed by atoms with Crippen molar-refractivity contribution in [2.45, 2.75) is 71.8 Å². The maximum atomic E-state index is 12.8. The van der Waals surface area contributed by atoms with E-state index in [2.05, 4.69) is 6.92 Å². The Morgan fingerprint density at radius 3 is 2.41 bits per heavy atom. The highest BCUT2D eigenvalue weighted by molar-refractivity contribution is 8.26. The molecule has 1 aliphatic heterocycles. The summed E-state index contributed by atoms with van der Waals surface area (Å²) in [4.78, 5) is 15.1. The minimum atomic E-state index is -0.331. The average molecular weight is 436 g/mol. The highest BCUT2D eigenvalue weighted by atomic mass is 32.2. The molecule has 1 amide bonds. The summed E-state index contributed by atoms with van der Waals surface area (Å²) in [5, 5.41) is 0. The van der Waals surface area contributed by atoms with Gasteiger partial charge < -0.3 is 9.47 Å². The summed E-state index contributed by atoms with van der Waals surface area (Å²) in [6, 6.07) is 5.76. The van der Waals surface area contributed by atoms with Crippen LogP contribution in [0.1, 0.15) is 71.8 Å². The number of amides is 1. The lowest BCUT2D eigenvalue weighted by atomic mass is 10.1. The van der Waals surface area contributed by atoms with E-state index in [1.54, 1.807) is 12.0 Å². The second kappa shape index (κ2) is 11.0. The molecule has 0 spiro atoms. The van der Waals surface area contributed by atoms with Crippen molar-refractivity contribution in [1.82, 2.24) is 4.90 Å². The van der Waals surface area contributed by atoms with Crippen LogP contribution in [0.15, 0.2) is 23.1 Å². The van der Waals surface area contributed by atoms with Gasteiger partial charge in [-0.25, -0.2) is 0 Å². The molecule has 0 aromatic heterocycles. The molecule has 1 heterocycles.